The molecule has 0 amide bonds. The maximum atomic E-state index is 9.49. The molecule has 0 bridgehead atoms. The van der Waals surface area contributed by atoms with E-state index >= 15 is 0 Å². The zero-order valence-corrected chi connectivity index (χ0v) is 12.9. The van der Waals surface area contributed by atoms with Crippen molar-refractivity contribution < 1.29 is 15.1 Å². The molecule has 24 heavy (non-hydrogen) atoms. The highest BCUT2D eigenvalue weighted by Gasteiger charge is 2.17. The van der Waals surface area contributed by atoms with Gasteiger partial charge in [-0.25, -0.2) is 0 Å². The van der Waals surface area contributed by atoms with Crippen molar-refractivity contribution in [2.45, 2.75) is 0 Å². The number of para-hydroxylation sites is 1. The van der Waals surface area contributed by atoms with Gasteiger partial charge in [-0.2, -0.15) is 0 Å². The molecule has 4 nitrogen and oxygen atoms in total. The van der Waals surface area contributed by atoms with E-state index in [4.69, 9.17) is 0 Å². The Hall–Kier alpha value is -2.53. The maximum absolute atomic E-state index is 9.49. The fraction of sp³-hybridized carbons (Fsp3) is 0. The third kappa shape index (κ3) is 2.32. The SMILES string of the molecule is OBc1ccc2c(c1)c1cc(B(O)O)ccc1n2-c1ccccc1. The van der Waals surface area contributed by atoms with Crippen LogP contribution in [0.15, 0.2) is 66.7 Å². The summed E-state index contributed by atoms with van der Waals surface area (Å²) in [4.78, 5) is 0. The predicted molar refractivity (Wildman–Crippen MR) is 99.6 cm³/mol. The Labute approximate surface area is 140 Å². The van der Waals surface area contributed by atoms with Crippen LogP contribution in [-0.2, 0) is 0 Å². The van der Waals surface area contributed by atoms with E-state index in [1.165, 1.54) is 0 Å². The number of hydrogen-bond donors (Lipinski definition) is 3. The monoisotopic (exact) mass is 315 g/mol. The highest BCUT2D eigenvalue weighted by molar-refractivity contribution is 6.59. The van der Waals surface area contributed by atoms with Crippen LogP contribution < -0.4 is 10.9 Å². The number of nitrogens with zero attached hydrogens (tertiary/aromatic N) is 1. The Morgan fingerprint density at radius 2 is 1.46 bits per heavy atom. The number of fused-ring (bicyclic) bond motifs is 3. The maximum Gasteiger partial charge on any atom is 0.488 e. The molecule has 0 saturated heterocycles. The summed E-state index contributed by atoms with van der Waals surface area (Å²) in [7, 11) is -1.54. The minimum Gasteiger partial charge on any atom is -0.449 e. The lowest BCUT2D eigenvalue weighted by Gasteiger charge is -2.08. The highest BCUT2D eigenvalue weighted by atomic mass is 16.4. The van der Waals surface area contributed by atoms with Crippen molar-refractivity contribution in [3.8, 4) is 5.69 Å². The molecule has 0 aliphatic rings. The summed E-state index contributed by atoms with van der Waals surface area (Å²) in [5.74, 6) is 0. The number of aromatic nitrogens is 1. The van der Waals surface area contributed by atoms with Gasteiger partial charge in [-0.05, 0) is 29.7 Å². The third-order valence-electron chi connectivity index (χ3n) is 4.35. The first-order chi connectivity index (χ1) is 11.7. The van der Waals surface area contributed by atoms with E-state index < -0.39 is 7.12 Å². The summed E-state index contributed by atoms with van der Waals surface area (Å²) in [5.41, 5.74) is 4.30. The minimum absolute atomic E-state index is 0.0315. The van der Waals surface area contributed by atoms with E-state index in [2.05, 4.69) is 4.57 Å². The summed E-state index contributed by atoms with van der Waals surface area (Å²) >= 11 is 0. The van der Waals surface area contributed by atoms with Crippen LogP contribution in [0.5, 0.6) is 0 Å². The number of rotatable bonds is 3. The van der Waals surface area contributed by atoms with E-state index in [0.717, 1.165) is 33.0 Å². The molecule has 0 fully saturated rings. The van der Waals surface area contributed by atoms with E-state index in [0.29, 0.717) is 5.46 Å². The number of hydrogen-bond acceptors (Lipinski definition) is 3. The summed E-state index contributed by atoms with van der Waals surface area (Å²) in [6.07, 6.45) is 0. The molecule has 0 atom stereocenters. The van der Waals surface area contributed by atoms with Gasteiger partial charge >= 0.3 is 14.6 Å². The van der Waals surface area contributed by atoms with Crippen molar-refractivity contribution in [1.29, 1.82) is 0 Å². The molecule has 4 rings (SSSR count). The first-order valence-electron chi connectivity index (χ1n) is 7.78. The topological polar surface area (TPSA) is 65.6 Å². The standard InChI is InChI=1S/C18H15B2NO3/c22-19-12-6-8-17-15(10-12)16-11-13(20(23)24)7-9-18(16)21(17)14-4-2-1-3-5-14/h1-11,19,22-24H. The van der Waals surface area contributed by atoms with Crippen molar-refractivity contribution in [2.24, 2.45) is 0 Å². The predicted octanol–water partition coefficient (Wildman–Crippen LogP) is 0.433. The van der Waals surface area contributed by atoms with Gasteiger partial charge in [-0.3, -0.25) is 0 Å². The fourth-order valence-electron chi connectivity index (χ4n) is 3.20. The quantitative estimate of drug-likeness (QED) is 0.481. The fourth-order valence-corrected chi connectivity index (χ4v) is 3.20. The molecule has 116 valence electrons. The minimum atomic E-state index is -1.51. The zero-order chi connectivity index (χ0) is 16.7. The zero-order valence-electron chi connectivity index (χ0n) is 12.9. The number of benzene rings is 3. The lowest BCUT2D eigenvalue weighted by molar-refractivity contribution is 0.426. The van der Waals surface area contributed by atoms with Crippen LogP contribution in [0.25, 0.3) is 27.5 Å². The Kier molecular flexibility index (Phi) is 3.65. The van der Waals surface area contributed by atoms with Crippen LogP contribution in [0.4, 0.5) is 0 Å². The van der Waals surface area contributed by atoms with Crippen LogP contribution in [-0.4, -0.2) is 34.2 Å². The van der Waals surface area contributed by atoms with E-state index in [-0.39, 0.29) is 7.48 Å². The summed E-state index contributed by atoms with van der Waals surface area (Å²) in [6.45, 7) is 0. The van der Waals surface area contributed by atoms with Gasteiger partial charge in [-0.15, -0.1) is 0 Å². The smallest absolute Gasteiger partial charge is 0.449 e. The molecular weight excluding hydrogens is 300 g/mol. The van der Waals surface area contributed by atoms with Gasteiger partial charge in [0.05, 0.1) is 11.0 Å². The lowest BCUT2D eigenvalue weighted by atomic mass is 9.79. The van der Waals surface area contributed by atoms with Gasteiger partial charge in [0.2, 0.25) is 0 Å². The second-order valence-electron chi connectivity index (χ2n) is 5.83. The van der Waals surface area contributed by atoms with Gasteiger partial charge in [0.1, 0.15) is 0 Å². The van der Waals surface area contributed by atoms with Gasteiger partial charge in [0.25, 0.3) is 0 Å². The average molecular weight is 315 g/mol. The molecule has 0 spiro atoms. The Bertz CT molecular complexity index is 1030. The molecule has 0 unspecified atom stereocenters. The van der Waals surface area contributed by atoms with E-state index in [9.17, 15) is 15.1 Å². The van der Waals surface area contributed by atoms with Crippen LogP contribution in [0, 0.1) is 0 Å². The molecule has 0 aliphatic heterocycles. The molecule has 0 aliphatic carbocycles. The second kappa shape index (κ2) is 5.83. The molecular formula is C18H15B2NO3. The molecule has 3 N–H and O–H groups in total. The highest BCUT2D eigenvalue weighted by Crippen LogP contribution is 2.30. The first kappa shape index (κ1) is 15.0. The Morgan fingerprint density at radius 3 is 2.12 bits per heavy atom. The van der Waals surface area contributed by atoms with Crippen molar-refractivity contribution in [2.75, 3.05) is 0 Å². The van der Waals surface area contributed by atoms with Crippen molar-refractivity contribution >= 4 is 47.3 Å². The molecule has 6 heteroatoms. The molecule has 1 heterocycles. The second-order valence-corrected chi connectivity index (χ2v) is 5.83. The Balaban J connectivity index is 2.13. The van der Waals surface area contributed by atoms with Crippen LogP contribution in [0.2, 0.25) is 0 Å². The van der Waals surface area contributed by atoms with Crippen molar-refractivity contribution in [1.82, 2.24) is 4.57 Å². The van der Waals surface area contributed by atoms with Crippen LogP contribution in [0.1, 0.15) is 0 Å². The van der Waals surface area contributed by atoms with Crippen molar-refractivity contribution in [3.05, 3.63) is 66.7 Å². The van der Waals surface area contributed by atoms with Gasteiger partial charge in [0, 0.05) is 16.5 Å². The summed E-state index contributed by atoms with van der Waals surface area (Å²) in [6, 6.07) is 21.3. The van der Waals surface area contributed by atoms with Crippen LogP contribution in [0.3, 0.4) is 0 Å². The normalized spacial score (nSPS) is 11.1. The molecule has 0 saturated carbocycles. The Morgan fingerprint density at radius 1 is 0.792 bits per heavy atom. The van der Waals surface area contributed by atoms with E-state index in [1.807, 2.05) is 54.6 Å². The average Bonchev–Trinajstić information content (AvgIpc) is 2.95. The van der Waals surface area contributed by atoms with Crippen molar-refractivity contribution in [3.63, 3.8) is 0 Å². The molecule has 4 aromatic rings. The lowest BCUT2D eigenvalue weighted by Crippen LogP contribution is -2.29. The van der Waals surface area contributed by atoms with Gasteiger partial charge in [-0.1, -0.05) is 47.9 Å². The first-order valence-corrected chi connectivity index (χ1v) is 7.78. The van der Waals surface area contributed by atoms with Gasteiger partial charge < -0.3 is 19.6 Å². The largest absolute Gasteiger partial charge is 0.488 e. The van der Waals surface area contributed by atoms with E-state index in [1.54, 1.807) is 12.1 Å². The summed E-state index contributed by atoms with van der Waals surface area (Å²) in [5, 5.41) is 30.3. The van der Waals surface area contributed by atoms with Gasteiger partial charge in [0.15, 0.2) is 0 Å². The third-order valence-corrected chi connectivity index (χ3v) is 4.35. The van der Waals surface area contributed by atoms with Crippen LogP contribution >= 0.6 is 0 Å². The summed E-state index contributed by atoms with van der Waals surface area (Å²) < 4.78 is 2.14. The molecule has 0 radical (unpaired) electrons. The molecule has 1 aromatic heterocycles. The molecule has 3 aromatic carbocycles.